The maximum atomic E-state index is 14.3. The number of fused-ring (bicyclic) bond motifs is 2. The number of benzene rings is 1. The second-order valence-corrected chi connectivity index (χ2v) is 15.5. The number of amides is 8. The highest BCUT2D eigenvalue weighted by atomic mass is 16.3. The lowest BCUT2D eigenvalue weighted by Gasteiger charge is -2.34. The molecule has 0 radical (unpaired) electrons. The van der Waals surface area contributed by atoms with Crippen molar-refractivity contribution in [3.05, 3.63) is 29.8 Å². The third-order valence-corrected chi connectivity index (χ3v) is 10.0. The number of hydrogen-bond donors (Lipinski definition) is 8. The summed E-state index contributed by atoms with van der Waals surface area (Å²) in [7, 11) is 0. The van der Waals surface area contributed by atoms with E-state index in [-0.39, 0.29) is 49.9 Å². The van der Waals surface area contributed by atoms with Crippen molar-refractivity contribution in [2.24, 2.45) is 11.8 Å². The van der Waals surface area contributed by atoms with Crippen LogP contribution in [-0.4, -0.2) is 136 Å². The van der Waals surface area contributed by atoms with Gasteiger partial charge in [0.1, 0.15) is 42.0 Å². The van der Waals surface area contributed by atoms with Gasteiger partial charge in [0, 0.05) is 19.5 Å². The van der Waals surface area contributed by atoms with E-state index in [0.717, 1.165) is 0 Å². The Bertz CT molecular complexity index is 1620. The summed E-state index contributed by atoms with van der Waals surface area (Å²) in [6.07, 6.45) is 2.02. The molecule has 18 heteroatoms. The third-order valence-electron chi connectivity index (χ3n) is 10.0. The normalized spacial score (nSPS) is 26.8. The molecule has 0 aromatic heterocycles. The number of phenolic OH excluding ortho intramolecular Hbond substituents is 1. The largest absolute Gasteiger partial charge is 0.508 e. The first-order valence-electron chi connectivity index (χ1n) is 19.3. The number of nitrogens with one attached hydrogen (secondary N) is 6. The average Bonchev–Trinajstić information content (AvgIpc) is 3.85. The fourth-order valence-corrected chi connectivity index (χ4v) is 7.24. The molecule has 3 saturated heterocycles. The summed E-state index contributed by atoms with van der Waals surface area (Å²) in [5.41, 5.74) is 0.574. The predicted octanol–water partition coefficient (Wildman–Crippen LogP) is -1.81. The van der Waals surface area contributed by atoms with Crippen LogP contribution in [-0.2, 0) is 44.8 Å². The van der Waals surface area contributed by atoms with Crippen molar-refractivity contribution < 1.29 is 48.6 Å². The van der Waals surface area contributed by atoms with Gasteiger partial charge < -0.3 is 51.9 Å². The highest BCUT2D eigenvalue weighted by Gasteiger charge is 2.44. The number of carbonyl (C=O) groups is 8. The first kappa shape index (κ1) is 43.5. The molecule has 3 fully saturated rings. The number of aromatic hydroxyl groups is 1. The van der Waals surface area contributed by atoms with E-state index in [1.54, 1.807) is 12.1 Å². The van der Waals surface area contributed by atoms with E-state index in [1.807, 2.05) is 27.7 Å². The van der Waals surface area contributed by atoms with Crippen LogP contribution in [0.5, 0.6) is 5.75 Å². The summed E-state index contributed by atoms with van der Waals surface area (Å²) in [5, 5.41) is 34.9. The van der Waals surface area contributed by atoms with E-state index >= 15 is 0 Å². The van der Waals surface area contributed by atoms with Gasteiger partial charge in [-0.15, -0.1) is 0 Å². The van der Waals surface area contributed by atoms with Gasteiger partial charge in [0.05, 0.1) is 19.7 Å². The van der Waals surface area contributed by atoms with Crippen LogP contribution < -0.4 is 31.9 Å². The van der Waals surface area contributed by atoms with Gasteiger partial charge in [-0.2, -0.15) is 0 Å². The van der Waals surface area contributed by atoms with Gasteiger partial charge in [-0.05, 0) is 68.1 Å². The fraction of sp³-hybridized carbons (Fsp3) is 0.632. The number of nitrogens with zero attached hydrogens (tertiary/aromatic N) is 2. The monoisotopic (exact) mass is 784 g/mol. The van der Waals surface area contributed by atoms with Gasteiger partial charge in [0.15, 0.2) is 0 Å². The standard InChI is InChI=1S/C38H56N8O10/c1-21(2)15-25-34(52)44-28(20-47)33(51)40-18-31(49)39-19-32(50)41-26(17-23-9-11-24(48)12-10-23)35(53)43-27(16-22(3)4)37(55)46-14-6-8-30(46)38(56)45-13-5-7-29(45)36(54)42-25/h9-12,21-22,25-30,47-48H,5-8,13-20H2,1-4H3,(H,39,49)(H,40,51)(H,41,50)(H,42,54)(H,43,53)(H,44,52)/t25-,26-,27-,28?,29-,30-/m0/s1. The molecule has 3 heterocycles. The predicted molar refractivity (Wildman–Crippen MR) is 201 cm³/mol. The molecule has 1 aromatic carbocycles. The maximum absolute atomic E-state index is 14.3. The van der Waals surface area contributed by atoms with Crippen LogP contribution in [0.1, 0.15) is 71.8 Å². The van der Waals surface area contributed by atoms with Crippen LogP contribution in [0.15, 0.2) is 24.3 Å². The van der Waals surface area contributed by atoms with Crippen molar-refractivity contribution in [3.8, 4) is 5.75 Å². The van der Waals surface area contributed by atoms with Crippen molar-refractivity contribution in [1.29, 1.82) is 0 Å². The number of rotatable bonds is 7. The van der Waals surface area contributed by atoms with Gasteiger partial charge in [0.25, 0.3) is 0 Å². The molecule has 0 saturated carbocycles. The fourth-order valence-electron chi connectivity index (χ4n) is 7.24. The number of phenols is 1. The van der Waals surface area contributed by atoms with E-state index in [1.165, 1.54) is 21.9 Å². The van der Waals surface area contributed by atoms with Crippen molar-refractivity contribution in [2.45, 2.75) is 109 Å². The second kappa shape index (κ2) is 20.1. The Labute approximate surface area is 326 Å². The van der Waals surface area contributed by atoms with Crippen LogP contribution in [0.4, 0.5) is 0 Å². The molecule has 8 amide bonds. The number of carbonyl (C=O) groups excluding carboxylic acids is 8. The van der Waals surface area contributed by atoms with Gasteiger partial charge >= 0.3 is 0 Å². The van der Waals surface area contributed by atoms with Crippen LogP contribution in [0.2, 0.25) is 0 Å². The third kappa shape index (κ3) is 11.9. The van der Waals surface area contributed by atoms with E-state index in [0.29, 0.717) is 31.2 Å². The zero-order valence-corrected chi connectivity index (χ0v) is 32.5. The molecule has 1 aromatic rings. The Hall–Kier alpha value is -5.26. The molecule has 8 N–H and O–H groups in total. The molecule has 1 unspecified atom stereocenters. The average molecular weight is 785 g/mol. The Kier molecular flexibility index (Phi) is 15.6. The first-order chi connectivity index (χ1) is 26.6. The van der Waals surface area contributed by atoms with Crippen LogP contribution in [0.3, 0.4) is 0 Å². The van der Waals surface area contributed by atoms with E-state index in [2.05, 4.69) is 31.9 Å². The Morgan fingerprint density at radius 2 is 1.14 bits per heavy atom. The molecule has 18 nitrogen and oxygen atoms in total. The van der Waals surface area contributed by atoms with Crippen molar-refractivity contribution in [2.75, 3.05) is 32.8 Å². The number of hydrogen-bond acceptors (Lipinski definition) is 10. The van der Waals surface area contributed by atoms with Gasteiger partial charge in [-0.25, -0.2) is 0 Å². The minimum absolute atomic E-state index is 0.00745. The summed E-state index contributed by atoms with van der Waals surface area (Å²) in [4.78, 5) is 111. The first-order valence-corrected chi connectivity index (χ1v) is 19.3. The van der Waals surface area contributed by atoms with Crippen LogP contribution >= 0.6 is 0 Å². The van der Waals surface area contributed by atoms with Gasteiger partial charge in [-0.3, -0.25) is 38.4 Å². The zero-order chi connectivity index (χ0) is 41.1. The zero-order valence-electron chi connectivity index (χ0n) is 32.5. The minimum atomic E-state index is -1.48. The molecule has 56 heavy (non-hydrogen) atoms. The lowest BCUT2D eigenvalue weighted by molar-refractivity contribution is -0.148. The molecule has 308 valence electrons. The van der Waals surface area contributed by atoms with Crippen LogP contribution in [0.25, 0.3) is 0 Å². The molecular weight excluding hydrogens is 728 g/mol. The molecule has 0 bridgehead atoms. The lowest BCUT2D eigenvalue weighted by atomic mass is 10.00. The maximum Gasteiger partial charge on any atom is 0.246 e. The quantitative estimate of drug-likeness (QED) is 0.154. The van der Waals surface area contributed by atoms with Crippen molar-refractivity contribution in [3.63, 3.8) is 0 Å². The Balaban J connectivity index is 1.66. The topological polar surface area (TPSA) is 256 Å². The van der Waals surface area contributed by atoms with E-state index in [9.17, 15) is 48.6 Å². The Morgan fingerprint density at radius 1 is 0.607 bits per heavy atom. The molecule has 4 rings (SSSR count). The molecule has 6 atom stereocenters. The molecule has 3 aliphatic rings. The van der Waals surface area contributed by atoms with Crippen molar-refractivity contribution >= 4 is 47.3 Å². The Morgan fingerprint density at radius 3 is 1.77 bits per heavy atom. The molecular formula is C38H56N8O10. The summed E-state index contributed by atoms with van der Waals surface area (Å²) in [6, 6.07) is -0.760. The summed E-state index contributed by atoms with van der Waals surface area (Å²) in [6.45, 7) is 5.89. The van der Waals surface area contributed by atoms with E-state index < -0.39 is 103 Å². The van der Waals surface area contributed by atoms with Gasteiger partial charge in [-0.1, -0.05) is 39.8 Å². The van der Waals surface area contributed by atoms with E-state index in [4.69, 9.17) is 0 Å². The van der Waals surface area contributed by atoms with Crippen LogP contribution in [0, 0.1) is 11.8 Å². The molecule has 0 spiro atoms. The minimum Gasteiger partial charge on any atom is -0.508 e. The highest BCUT2D eigenvalue weighted by molar-refractivity contribution is 5.98. The number of aliphatic hydroxyl groups is 1. The summed E-state index contributed by atoms with van der Waals surface area (Å²) < 4.78 is 0. The second-order valence-electron chi connectivity index (χ2n) is 15.5. The van der Waals surface area contributed by atoms with Crippen molar-refractivity contribution in [1.82, 2.24) is 41.7 Å². The SMILES string of the molecule is CC(C)C[C@@H]1NC(=O)[C@@H]2CCCN2C(=O)[C@@H]2CCCN2C(=O)[C@H](CC(C)C)NC(=O)[C@H](Cc2ccc(O)cc2)NC(=O)CNC(=O)CNC(=O)C(CO)NC1=O. The summed E-state index contributed by atoms with van der Waals surface area (Å²) in [5.74, 6) is -5.50. The highest BCUT2D eigenvalue weighted by Crippen LogP contribution is 2.27. The summed E-state index contributed by atoms with van der Waals surface area (Å²) >= 11 is 0. The lowest BCUT2D eigenvalue weighted by Crippen LogP contribution is -2.60. The van der Waals surface area contributed by atoms with Gasteiger partial charge in [0.2, 0.25) is 47.3 Å². The molecule has 3 aliphatic heterocycles. The smallest absolute Gasteiger partial charge is 0.246 e. The number of aliphatic hydroxyl groups excluding tert-OH is 1. The molecule has 0 aliphatic carbocycles.